The van der Waals surface area contributed by atoms with E-state index < -0.39 is 24.1 Å². The van der Waals surface area contributed by atoms with E-state index in [1.54, 1.807) is 26.6 Å². The molecular formula is C38H37F4N5O4S. The van der Waals surface area contributed by atoms with Gasteiger partial charge in [-0.15, -0.1) is 11.3 Å². The third kappa shape index (κ3) is 6.48. The predicted molar refractivity (Wildman–Crippen MR) is 190 cm³/mol. The first-order chi connectivity index (χ1) is 25.0. The molecule has 2 aliphatic rings. The van der Waals surface area contributed by atoms with Crippen LogP contribution in [0.2, 0.25) is 0 Å². The summed E-state index contributed by atoms with van der Waals surface area (Å²) in [4.78, 5) is 21.2. The largest absolute Gasteiger partial charge is 0.490 e. The summed E-state index contributed by atoms with van der Waals surface area (Å²) in [5.74, 6) is -4.98. The van der Waals surface area contributed by atoms with Crippen LogP contribution in [0.15, 0.2) is 60.5 Å². The Morgan fingerprint density at radius 3 is 2.62 bits per heavy atom. The summed E-state index contributed by atoms with van der Waals surface area (Å²) in [6.07, 6.45) is 1.27. The first-order valence-corrected chi connectivity index (χ1v) is 17.7. The van der Waals surface area contributed by atoms with Crippen LogP contribution in [-0.4, -0.2) is 84.1 Å². The van der Waals surface area contributed by atoms with Crippen molar-refractivity contribution in [3.05, 3.63) is 89.0 Å². The smallest absolute Gasteiger partial charge is 0.285 e. The van der Waals surface area contributed by atoms with Crippen LogP contribution in [0.4, 0.5) is 17.6 Å². The Labute approximate surface area is 302 Å². The van der Waals surface area contributed by atoms with Gasteiger partial charge < -0.3 is 19.1 Å². The molecule has 2 aromatic carbocycles. The summed E-state index contributed by atoms with van der Waals surface area (Å²) >= 11 is 1.34. The van der Waals surface area contributed by atoms with Gasteiger partial charge in [-0.2, -0.15) is 13.9 Å². The molecule has 14 heteroatoms. The topological polar surface area (TPSA) is 82.0 Å². The third-order valence-corrected chi connectivity index (χ3v) is 10.5. The molecule has 0 spiro atoms. The van der Waals surface area contributed by atoms with Gasteiger partial charge >= 0.3 is 0 Å². The van der Waals surface area contributed by atoms with Crippen molar-refractivity contribution in [2.24, 2.45) is 0 Å². The van der Waals surface area contributed by atoms with E-state index in [0.29, 0.717) is 71.0 Å². The highest BCUT2D eigenvalue weighted by Gasteiger charge is 2.40. The second-order valence-corrected chi connectivity index (χ2v) is 13.7. The zero-order valence-electron chi connectivity index (χ0n) is 28.9. The molecule has 1 amide bonds. The van der Waals surface area contributed by atoms with Crippen molar-refractivity contribution in [3.8, 4) is 39.5 Å². The van der Waals surface area contributed by atoms with Crippen molar-refractivity contribution in [2.45, 2.75) is 32.0 Å². The number of hydrogen-bond donors (Lipinski definition) is 0. The van der Waals surface area contributed by atoms with Gasteiger partial charge in [0.2, 0.25) is 5.91 Å². The highest BCUT2D eigenvalue weighted by atomic mass is 32.1. The van der Waals surface area contributed by atoms with Gasteiger partial charge in [0.25, 0.3) is 5.92 Å². The average molecular weight is 736 g/mol. The molecule has 9 nitrogen and oxygen atoms in total. The number of hydrogen-bond acceptors (Lipinski definition) is 8. The fraction of sp³-hybridized carbons (Fsp3) is 0.342. The lowest BCUT2D eigenvalue weighted by Gasteiger charge is -2.34. The monoisotopic (exact) mass is 735 g/mol. The van der Waals surface area contributed by atoms with E-state index >= 15 is 13.2 Å². The minimum absolute atomic E-state index is 0.000327. The van der Waals surface area contributed by atoms with Gasteiger partial charge in [0.15, 0.2) is 0 Å². The van der Waals surface area contributed by atoms with Crippen LogP contribution in [0, 0.1) is 11.6 Å². The number of nitrogens with zero attached hydrogens (tertiary/aromatic N) is 5. The van der Waals surface area contributed by atoms with Crippen LogP contribution in [0.3, 0.4) is 0 Å². The summed E-state index contributed by atoms with van der Waals surface area (Å²) in [5, 5.41) is 7.39. The van der Waals surface area contributed by atoms with Gasteiger partial charge in [-0.3, -0.25) is 14.4 Å². The molecule has 0 N–H and O–H groups in total. The number of methoxy groups -OCH3 is 2. The molecule has 3 aromatic heterocycles. The van der Waals surface area contributed by atoms with E-state index in [1.807, 2.05) is 24.4 Å². The SMILES string of the molecule is C=CC(=O)N1CCn2nc(-c3nc(-c4ccc5c(c4)CN(CCOC)CC5(F)F)c4ccsc4c3-c3c(F)cc(F)cc3OCCOC)cc2[C@H]1C. The lowest BCUT2D eigenvalue weighted by atomic mass is 9.92. The number of halogens is 4. The van der Waals surface area contributed by atoms with Crippen LogP contribution in [0.25, 0.3) is 43.9 Å². The van der Waals surface area contributed by atoms with Crippen LogP contribution < -0.4 is 4.74 Å². The van der Waals surface area contributed by atoms with Crippen LogP contribution in [0.5, 0.6) is 5.75 Å². The van der Waals surface area contributed by atoms with Crippen LogP contribution >= 0.6 is 11.3 Å². The minimum Gasteiger partial charge on any atom is -0.490 e. The Morgan fingerprint density at radius 2 is 1.85 bits per heavy atom. The molecule has 2 aliphatic heterocycles. The highest BCUT2D eigenvalue weighted by molar-refractivity contribution is 7.18. The molecule has 0 saturated carbocycles. The molecule has 0 saturated heterocycles. The first-order valence-electron chi connectivity index (χ1n) is 16.8. The fourth-order valence-corrected chi connectivity index (χ4v) is 8.06. The number of alkyl halides is 2. The maximum absolute atomic E-state index is 16.2. The maximum atomic E-state index is 16.2. The molecule has 0 radical (unpaired) electrons. The number of rotatable bonds is 11. The Hall–Kier alpha value is -4.63. The molecule has 0 bridgehead atoms. The van der Waals surface area contributed by atoms with Crippen molar-refractivity contribution in [1.29, 1.82) is 0 Å². The highest BCUT2D eigenvalue weighted by Crippen LogP contribution is 2.48. The fourth-order valence-electron chi connectivity index (χ4n) is 7.11. The number of thiophene rings is 1. The molecule has 0 unspecified atom stereocenters. The summed E-state index contributed by atoms with van der Waals surface area (Å²) in [5.41, 5.74) is 3.27. The zero-order chi connectivity index (χ0) is 36.7. The lowest BCUT2D eigenvalue weighted by Crippen LogP contribution is -2.41. The van der Waals surface area contributed by atoms with E-state index in [-0.39, 0.29) is 47.7 Å². The van der Waals surface area contributed by atoms with Crippen molar-refractivity contribution in [2.75, 3.05) is 53.7 Å². The van der Waals surface area contributed by atoms with Crippen molar-refractivity contribution in [3.63, 3.8) is 0 Å². The Morgan fingerprint density at radius 1 is 1.04 bits per heavy atom. The molecule has 1 atom stereocenters. The normalized spacial score (nSPS) is 16.9. The minimum atomic E-state index is -3.06. The van der Waals surface area contributed by atoms with E-state index in [1.165, 1.54) is 37.7 Å². The van der Waals surface area contributed by atoms with Crippen molar-refractivity contribution >= 4 is 27.3 Å². The first kappa shape index (κ1) is 35.8. The van der Waals surface area contributed by atoms with Gasteiger partial charge in [0.05, 0.1) is 49.3 Å². The number of amides is 1. The molecular weight excluding hydrogens is 699 g/mol. The van der Waals surface area contributed by atoms with Gasteiger partial charge in [-0.05, 0) is 42.1 Å². The summed E-state index contributed by atoms with van der Waals surface area (Å²) < 4.78 is 80.3. The maximum Gasteiger partial charge on any atom is 0.285 e. The van der Waals surface area contributed by atoms with Crippen LogP contribution in [-0.2, 0) is 33.3 Å². The second-order valence-electron chi connectivity index (χ2n) is 12.8. The molecule has 52 heavy (non-hydrogen) atoms. The Bertz CT molecular complexity index is 2170. The number of aromatic nitrogens is 3. The van der Waals surface area contributed by atoms with Crippen molar-refractivity contribution in [1.82, 2.24) is 24.6 Å². The average Bonchev–Trinajstić information content (AvgIpc) is 3.78. The molecule has 7 rings (SSSR count). The Kier molecular flexibility index (Phi) is 9.91. The summed E-state index contributed by atoms with van der Waals surface area (Å²) in [6, 6.07) is 10.1. The van der Waals surface area contributed by atoms with Crippen LogP contribution in [0.1, 0.15) is 29.8 Å². The number of carbonyl (C=O) groups is 1. The summed E-state index contributed by atoms with van der Waals surface area (Å²) in [7, 11) is 3.03. The van der Waals surface area contributed by atoms with E-state index in [9.17, 15) is 9.18 Å². The molecule has 272 valence electrons. The number of carbonyl (C=O) groups excluding carboxylic acids is 1. The Balaban J connectivity index is 1.46. The molecule has 5 aromatic rings. The predicted octanol–water partition coefficient (Wildman–Crippen LogP) is 7.44. The third-order valence-electron chi connectivity index (χ3n) is 9.58. The van der Waals surface area contributed by atoms with E-state index in [4.69, 9.17) is 24.3 Å². The molecule has 0 fully saturated rings. The van der Waals surface area contributed by atoms with Gasteiger partial charge in [0, 0.05) is 72.8 Å². The quantitative estimate of drug-likeness (QED) is 0.0793. The summed E-state index contributed by atoms with van der Waals surface area (Å²) in [6.45, 7) is 7.09. The second kappa shape index (κ2) is 14.4. The van der Waals surface area contributed by atoms with Gasteiger partial charge in [0.1, 0.15) is 35.4 Å². The van der Waals surface area contributed by atoms with Gasteiger partial charge in [-0.25, -0.2) is 13.8 Å². The van der Waals surface area contributed by atoms with Crippen molar-refractivity contribution < 1.29 is 36.6 Å². The number of pyridine rings is 1. The number of ether oxygens (including phenoxy) is 3. The van der Waals surface area contributed by atoms with Gasteiger partial charge in [-0.1, -0.05) is 18.7 Å². The van der Waals surface area contributed by atoms with E-state index in [2.05, 4.69) is 6.58 Å². The van der Waals surface area contributed by atoms with E-state index in [0.717, 1.165) is 17.8 Å². The number of benzene rings is 2. The standard InChI is InChI=1S/C38H37F4N5O4S/c1-5-32(48)46-9-10-47-30(22(46)2)19-29(44-47)36-34(33-28(40)17-25(39)18-31(33)51-14-13-50-4)37-26(8-15-52-37)35(43-36)23-6-7-27-24(16-23)20-45(11-12-49-3)21-38(27,41)42/h5-8,15-19,22H,1,9-14,20-21H2,2-4H3/t22-/m1/s1. The number of fused-ring (bicyclic) bond motifs is 3. The molecule has 5 heterocycles. The molecule has 0 aliphatic carbocycles. The lowest BCUT2D eigenvalue weighted by molar-refractivity contribution is -0.129. The zero-order valence-corrected chi connectivity index (χ0v) is 29.7.